The van der Waals surface area contributed by atoms with E-state index in [-0.39, 0.29) is 5.91 Å². The highest BCUT2D eigenvalue weighted by Gasteiger charge is 2.35. The van der Waals surface area contributed by atoms with Gasteiger partial charge in [0.2, 0.25) is 5.91 Å². The van der Waals surface area contributed by atoms with E-state index in [1.54, 1.807) is 0 Å². The first-order valence-electron chi connectivity index (χ1n) is 8.58. The van der Waals surface area contributed by atoms with Gasteiger partial charge >= 0.3 is 0 Å². The van der Waals surface area contributed by atoms with Gasteiger partial charge in [0, 0.05) is 12.1 Å². The van der Waals surface area contributed by atoms with Gasteiger partial charge < -0.3 is 16.0 Å². The van der Waals surface area contributed by atoms with Crippen molar-refractivity contribution < 1.29 is 4.79 Å². The van der Waals surface area contributed by atoms with Crippen LogP contribution in [0.4, 0.5) is 0 Å². The minimum absolute atomic E-state index is 0.243. The van der Waals surface area contributed by atoms with Crippen LogP contribution in [-0.2, 0) is 4.79 Å². The Morgan fingerprint density at radius 3 is 2.57 bits per heavy atom. The van der Waals surface area contributed by atoms with Crippen molar-refractivity contribution in [1.82, 2.24) is 10.2 Å². The van der Waals surface area contributed by atoms with Gasteiger partial charge in [-0.2, -0.15) is 0 Å². The zero-order valence-electron chi connectivity index (χ0n) is 14.6. The minimum atomic E-state index is -0.610. The molecule has 0 aromatic carbocycles. The van der Waals surface area contributed by atoms with E-state index in [0.29, 0.717) is 12.1 Å². The second-order valence-corrected chi connectivity index (χ2v) is 7.17. The van der Waals surface area contributed by atoms with Crippen molar-refractivity contribution in [2.24, 2.45) is 11.7 Å². The lowest BCUT2D eigenvalue weighted by Gasteiger charge is -2.42. The molecule has 1 aliphatic carbocycles. The summed E-state index contributed by atoms with van der Waals surface area (Å²) in [6, 6.07) is 0.981. The van der Waals surface area contributed by atoms with E-state index in [4.69, 9.17) is 5.73 Å². The summed E-state index contributed by atoms with van der Waals surface area (Å²) in [6.45, 7) is 9.45. The molecular weight excluding hydrogens is 262 g/mol. The van der Waals surface area contributed by atoms with E-state index in [1.807, 2.05) is 6.92 Å². The number of nitrogens with one attached hydrogen (secondary N) is 1. The van der Waals surface area contributed by atoms with Gasteiger partial charge in [0.25, 0.3) is 0 Å². The first-order valence-corrected chi connectivity index (χ1v) is 8.58. The van der Waals surface area contributed by atoms with Gasteiger partial charge in [0.1, 0.15) is 0 Å². The smallest absolute Gasteiger partial charge is 0.237 e. The van der Waals surface area contributed by atoms with E-state index in [2.05, 4.69) is 38.0 Å². The molecule has 3 N–H and O–H groups in total. The molecule has 1 rings (SSSR count). The molecule has 0 radical (unpaired) electrons. The van der Waals surface area contributed by atoms with Crippen LogP contribution in [0.2, 0.25) is 0 Å². The molecular formula is C17H35N3O. The summed E-state index contributed by atoms with van der Waals surface area (Å²) in [6.07, 6.45) is 7.06. The molecule has 4 unspecified atom stereocenters. The van der Waals surface area contributed by atoms with Crippen molar-refractivity contribution in [3.8, 4) is 0 Å². The van der Waals surface area contributed by atoms with Crippen molar-refractivity contribution in [3.63, 3.8) is 0 Å². The molecule has 4 heteroatoms. The minimum Gasteiger partial charge on any atom is -0.368 e. The van der Waals surface area contributed by atoms with Crippen molar-refractivity contribution in [2.75, 3.05) is 13.6 Å². The molecule has 0 aromatic heterocycles. The number of carbonyl (C=O) groups excluding carboxylic acids is 1. The van der Waals surface area contributed by atoms with Crippen LogP contribution < -0.4 is 11.1 Å². The summed E-state index contributed by atoms with van der Waals surface area (Å²) in [5.41, 5.74) is 5.04. The van der Waals surface area contributed by atoms with Crippen molar-refractivity contribution in [3.05, 3.63) is 0 Å². The Balaban J connectivity index is 2.67. The van der Waals surface area contributed by atoms with Gasteiger partial charge in [-0.3, -0.25) is 4.79 Å². The highest BCUT2D eigenvalue weighted by molar-refractivity contribution is 5.84. The third-order valence-corrected chi connectivity index (χ3v) is 5.30. The summed E-state index contributed by atoms with van der Waals surface area (Å²) in [5.74, 6) is 0.502. The number of hydrogen-bond donors (Lipinski definition) is 2. The number of primary amides is 1. The number of hydrogen-bond acceptors (Lipinski definition) is 3. The maximum absolute atomic E-state index is 11.9. The number of carbonyl (C=O) groups is 1. The molecule has 124 valence electrons. The third kappa shape index (κ3) is 4.96. The first kappa shape index (κ1) is 18.4. The van der Waals surface area contributed by atoms with Gasteiger partial charge in [-0.15, -0.1) is 0 Å². The predicted molar refractivity (Wildman–Crippen MR) is 89.2 cm³/mol. The van der Waals surface area contributed by atoms with Gasteiger partial charge in [0.05, 0.1) is 5.54 Å². The SMILES string of the molecule is CCCNC(C)(CC(C)N(C)C1CCCCC1C)C(N)=O. The van der Waals surface area contributed by atoms with Crippen LogP contribution in [0.1, 0.15) is 66.2 Å². The maximum atomic E-state index is 11.9. The Labute approximate surface area is 130 Å². The van der Waals surface area contributed by atoms with E-state index in [1.165, 1.54) is 25.7 Å². The molecule has 0 saturated heterocycles. The Morgan fingerprint density at radius 2 is 2.05 bits per heavy atom. The van der Waals surface area contributed by atoms with E-state index < -0.39 is 5.54 Å². The molecule has 4 atom stereocenters. The van der Waals surface area contributed by atoms with Gasteiger partial charge in [-0.1, -0.05) is 26.7 Å². The fraction of sp³-hybridized carbons (Fsp3) is 0.941. The lowest BCUT2D eigenvalue weighted by molar-refractivity contribution is -0.124. The average Bonchev–Trinajstić information content (AvgIpc) is 2.44. The third-order valence-electron chi connectivity index (χ3n) is 5.30. The Morgan fingerprint density at radius 1 is 1.43 bits per heavy atom. The lowest BCUT2D eigenvalue weighted by atomic mass is 9.83. The van der Waals surface area contributed by atoms with Crippen LogP contribution in [0.15, 0.2) is 0 Å². The summed E-state index contributed by atoms with van der Waals surface area (Å²) >= 11 is 0. The Kier molecular flexibility index (Phi) is 7.14. The molecule has 1 amide bonds. The lowest BCUT2D eigenvalue weighted by Crippen LogP contribution is -2.57. The molecule has 0 heterocycles. The van der Waals surface area contributed by atoms with E-state index in [9.17, 15) is 4.79 Å². The fourth-order valence-electron chi connectivity index (χ4n) is 3.62. The molecule has 0 spiro atoms. The van der Waals surface area contributed by atoms with Crippen molar-refractivity contribution in [2.45, 2.75) is 83.8 Å². The summed E-state index contributed by atoms with van der Waals surface area (Å²) in [4.78, 5) is 14.3. The van der Waals surface area contributed by atoms with Crippen molar-refractivity contribution in [1.29, 1.82) is 0 Å². The topological polar surface area (TPSA) is 58.4 Å². The van der Waals surface area contributed by atoms with E-state index in [0.717, 1.165) is 25.3 Å². The van der Waals surface area contributed by atoms with E-state index >= 15 is 0 Å². The van der Waals surface area contributed by atoms with Gasteiger partial charge in [-0.25, -0.2) is 0 Å². The molecule has 1 saturated carbocycles. The molecule has 0 bridgehead atoms. The molecule has 0 aliphatic heterocycles. The monoisotopic (exact) mass is 297 g/mol. The first-order chi connectivity index (χ1) is 9.81. The summed E-state index contributed by atoms with van der Waals surface area (Å²) < 4.78 is 0. The second kappa shape index (κ2) is 8.14. The zero-order valence-corrected chi connectivity index (χ0v) is 14.6. The van der Waals surface area contributed by atoms with Gasteiger partial charge in [0.15, 0.2) is 0 Å². The number of nitrogens with two attached hydrogens (primary N) is 1. The summed E-state index contributed by atoms with van der Waals surface area (Å²) in [7, 11) is 2.21. The highest BCUT2D eigenvalue weighted by atomic mass is 16.1. The average molecular weight is 297 g/mol. The molecule has 21 heavy (non-hydrogen) atoms. The predicted octanol–water partition coefficient (Wildman–Crippen LogP) is 2.52. The maximum Gasteiger partial charge on any atom is 0.237 e. The second-order valence-electron chi connectivity index (χ2n) is 7.17. The fourth-order valence-corrected chi connectivity index (χ4v) is 3.62. The number of amides is 1. The molecule has 1 aliphatic rings. The number of nitrogens with zero attached hydrogens (tertiary/aromatic N) is 1. The largest absolute Gasteiger partial charge is 0.368 e. The zero-order chi connectivity index (χ0) is 16.0. The molecule has 0 aromatic rings. The van der Waals surface area contributed by atoms with Crippen LogP contribution in [0.25, 0.3) is 0 Å². The molecule has 1 fully saturated rings. The summed E-state index contributed by atoms with van der Waals surface area (Å²) in [5, 5.41) is 3.34. The quantitative estimate of drug-likeness (QED) is 0.724. The Bertz CT molecular complexity index is 334. The van der Waals surface area contributed by atoms with Crippen LogP contribution >= 0.6 is 0 Å². The van der Waals surface area contributed by atoms with Crippen LogP contribution in [-0.4, -0.2) is 42.0 Å². The standard InChI is InChI=1S/C17H35N3O/c1-6-11-19-17(4,16(18)21)12-14(3)20(5)15-10-8-7-9-13(15)2/h13-15,19H,6-12H2,1-5H3,(H2,18,21). The van der Waals surface area contributed by atoms with Crippen LogP contribution in [0.3, 0.4) is 0 Å². The number of rotatable bonds is 8. The van der Waals surface area contributed by atoms with Crippen molar-refractivity contribution >= 4 is 5.91 Å². The highest BCUT2D eigenvalue weighted by Crippen LogP contribution is 2.29. The van der Waals surface area contributed by atoms with Crippen LogP contribution in [0, 0.1) is 5.92 Å². The van der Waals surface area contributed by atoms with Gasteiger partial charge in [-0.05, 0) is 59.0 Å². The normalized spacial score (nSPS) is 27.3. The Hall–Kier alpha value is -0.610. The van der Waals surface area contributed by atoms with Crippen LogP contribution in [0.5, 0.6) is 0 Å². The molecule has 4 nitrogen and oxygen atoms in total.